The fourth-order valence-electron chi connectivity index (χ4n) is 4.34. The number of nitrogens with one attached hydrogen (secondary N) is 2. The van der Waals surface area contributed by atoms with Gasteiger partial charge >= 0.3 is 12.3 Å². The van der Waals surface area contributed by atoms with Crippen LogP contribution in [-0.4, -0.2) is 70.8 Å². The van der Waals surface area contributed by atoms with E-state index in [-0.39, 0.29) is 24.2 Å². The van der Waals surface area contributed by atoms with Crippen molar-refractivity contribution in [2.75, 3.05) is 36.5 Å². The van der Waals surface area contributed by atoms with Crippen LogP contribution in [0.4, 0.5) is 23.7 Å². The molecule has 7 nitrogen and oxygen atoms in total. The van der Waals surface area contributed by atoms with E-state index >= 15 is 0 Å². The van der Waals surface area contributed by atoms with Crippen molar-refractivity contribution in [3.05, 3.63) is 35.0 Å². The van der Waals surface area contributed by atoms with E-state index in [0.29, 0.717) is 28.9 Å². The third-order valence-corrected chi connectivity index (χ3v) is 7.42. The number of fused-ring (bicyclic) bond motifs is 1. The lowest BCUT2D eigenvalue weighted by Gasteiger charge is -2.32. The number of aryl methyl sites for hydroxylation is 1. The molecular weight excluding hydrogens is 529 g/mol. The predicted octanol–water partition coefficient (Wildman–Crippen LogP) is 6.29. The van der Waals surface area contributed by atoms with Gasteiger partial charge in [0.05, 0.1) is 11.6 Å². The second-order valence-electron chi connectivity index (χ2n) is 11.9. The zero-order chi connectivity index (χ0) is 29.2. The summed E-state index contributed by atoms with van der Waals surface area (Å²) in [5, 5.41) is 6.09. The fraction of sp³-hybridized carbons (Fsp3) is 0.607. The topological polar surface area (TPSA) is 83.6 Å². The Kier molecular flexibility index (Phi) is 9.35. The maximum atomic E-state index is 13.3. The van der Waals surface area contributed by atoms with Crippen molar-refractivity contribution in [1.29, 1.82) is 0 Å². The largest absolute Gasteiger partial charge is 0.444 e. The van der Waals surface area contributed by atoms with Gasteiger partial charge in [-0.3, -0.25) is 4.79 Å². The molecule has 2 aromatic rings. The normalized spacial score (nSPS) is 17.1. The molecule has 0 radical (unpaired) electrons. The van der Waals surface area contributed by atoms with Gasteiger partial charge in [-0.25, -0.2) is 9.78 Å². The van der Waals surface area contributed by atoms with Gasteiger partial charge in [0.1, 0.15) is 17.8 Å². The smallest absolute Gasteiger partial charge is 0.410 e. The van der Waals surface area contributed by atoms with Crippen LogP contribution < -0.4 is 10.6 Å². The van der Waals surface area contributed by atoms with Crippen LogP contribution in [-0.2, 0) is 10.2 Å². The van der Waals surface area contributed by atoms with E-state index in [1.54, 1.807) is 34.9 Å². The number of nitrogens with zero attached hydrogens (tertiary/aromatic N) is 2. The summed E-state index contributed by atoms with van der Waals surface area (Å²) >= 11 is 1.73. The van der Waals surface area contributed by atoms with E-state index in [0.717, 1.165) is 23.3 Å². The number of benzene rings is 1. The molecule has 1 saturated heterocycles. The summed E-state index contributed by atoms with van der Waals surface area (Å²) in [5.41, 5.74) is 1.54. The predicted molar refractivity (Wildman–Crippen MR) is 151 cm³/mol. The third kappa shape index (κ3) is 8.65. The molecular formula is C28H39F3N4O3S. The van der Waals surface area contributed by atoms with Crippen LogP contribution in [0.2, 0.25) is 0 Å². The van der Waals surface area contributed by atoms with Crippen molar-refractivity contribution in [3.63, 3.8) is 0 Å². The van der Waals surface area contributed by atoms with Crippen LogP contribution in [0.25, 0.3) is 10.9 Å². The van der Waals surface area contributed by atoms with Crippen molar-refractivity contribution in [3.8, 4) is 0 Å². The molecule has 216 valence electrons. The first-order valence-electron chi connectivity index (χ1n) is 13.1. The number of amides is 2. The number of pyridine rings is 1. The highest BCUT2D eigenvalue weighted by Gasteiger charge is 2.31. The zero-order valence-corrected chi connectivity index (χ0v) is 24.5. The third-order valence-electron chi connectivity index (χ3n) is 6.22. The highest BCUT2D eigenvalue weighted by Crippen LogP contribution is 2.34. The molecule has 0 unspecified atom stereocenters. The Balaban J connectivity index is 1.87. The van der Waals surface area contributed by atoms with Gasteiger partial charge in [0.25, 0.3) is 5.91 Å². The van der Waals surface area contributed by atoms with Crippen LogP contribution in [0.3, 0.4) is 0 Å². The highest BCUT2D eigenvalue weighted by molar-refractivity contribution is 7.99. The number of carbonyl (C=O) groups is 2. The molecule has 2 N–H and O–H groups in total. The molecule has 0 spiro atoms. The van der Waals surface area contributed by atoms with Crippen LogP contribution in [0.5, 0.6) is 0 Å². The van der Waals surface area contributed by atoms with E-state index in [1.807, 2.05) is 48.5 Å². The Morgan fingerprint density at radius 1 is 1.13 bits per heavy atom. The maximum Gasteiger partial charge on any atom is 0.410 e. The number of halogens is 3. The Morgan fingerprint density at radius 2 is 1.82 bits per heavy atom. The van der Waals surface area contributed by atoms with E-state index in [4.69, 9.17) is 4.74 Å². The highest BCUT2D eigenvalue weighted by atomic mass is 32.2. The number of alkyl halides is 3. The number of hydrogen-bond donors (Lipinski definition) is 2. The van der Waals surface area contributed by atoms with Gasteiger partial charge in [0, 0.05) is 29.9 Å². The summed E-state index contributed by atoms with van der Waals surface area (Å²) in [6.07, 6.45) is -3.90. The molecule has 0 aliphatic carbocycles. The van der Waals surface area contributed by atoms with Crippen molar-refractivity contribution in [2.24, 2.45) is 0 Å². The molecule has 0 bridgehead atoms. The summed E-state index contributed by atoms with van der Waals surface area (Å²) in [5.74, 6) is 1.22. The number of rotatable bonds is 5. The van der Waals surface area contributed by atoms with Crippen LogP contribution in [0.1, 0.15) is 69.6 Å². The first-order valence-corrected chi connectivity index (χ1v) is 14.2. The molecule has 0 saturated carbocycles. The fourth-order valence-corrected chi connectivity index (χ4v) is 5.41. The van der Waals surface area contributed by atoms with Gasteiger partial charge in [0.2, 0.25) is 0 Å². The number of anilines is 1. The Hall–Kier alpha value is -2.69. The van der Waals surface area contributed by atoms with Gasteiger partial charge in [0.15, 0.2) is 0 Å². The average molecular weight is 569 g/mol. The summed E-state index contributed by atoms with van der Waals surface area (Å²) < 4.78 is 44.1. The number of ether oxygens (including phenoxy) is 1. The summed E-state index contributed by atoms with van der Waals surface area (Å²) in [6.45, 7) is 12.8. The molecule has 1 aliphatic rings. The lowest BCUT2D eigenvalue weighted by Crippen LogP contribution is -2.49. The molecule has 1 atom stereocenters. The summed E-state index contributed by atoms with van der Waals surface area (Å²) in [7, 11) is 0. The minimum Gasteiger partial charge on any atom is -0.444 e. The SMILES string of the molecule is Cc1cc(C(=O)NC[C@@H]2CSCCCN2C(=O)OC(C)(C)C)nc2c(C(C)(C)C)cc(NCC(F)(F)F)cc12. The first kappa shape index (κ1) is 30.8. The van der Waals surface area contributed by atoms with Gasteiger partial charge in [-0.05, 0) is 74.6 Å². The minimum absolute atomic E-state index is 0.214. The van der Waals surface area contributed by atoms with Crippen molar-refractivity contribution < 1.29 is 27.5 Å². The Bertz CT molecular complexity index is 1210. The second-order valence-corrected chi connectivity index (χ2v) is 13.1. The number of carbonyl (C=O) groups excluding carboxylic acids is 2. The monoisotopic (exact) mass is 568 g/mol. The van der Waals surface area contributed by atoms with Crippen LogP contribution in [0.15, 0.2) is 18.2 Å². The molecule has 11 heteroatoms. The van der Waals surface area contributed by atoms with Crippen molar-refractivity contribution >= 4 is 40.4 Å². The minimum atomic E-state index is -4.35. The standard InChI is InChI=1S/C28H39F3N4O3S/c1-17-11-22(24(36)32-14-19-15-39-10-8-9-35(19)25(37)38-27(5,6)7)34-23-20(17)12-18(33-16-28(29,30)31)13-21(23)26(2,3)4/h11-13,19,33H,8-10,14-16H2,1-7H3,(H,32,36)/t19-/m1/s1. The van der Waals surface area contributed by atoms with E-state index < -0.39 is 29.8 Å². The molecule has 2 heterocycles. The zero-order valence-electron chi connectivity index (χ0n) is 23.7. The van der Waals surface area contributed by atoms with Crippen LogP contribution in [0, 0.1) is 6.92 Å². The van der Waals surface area contributed by atoms with Gasteiger partial charge in [-0.1, -0.05) is 20.8 Å². The first-order chi connectivity index (χ1) is 17.9. The molecule has 39 heavy (non-hydrogen) atoms. The van der Waals surface area contributed by atoms with Crippen LogP contribution >= 0.6 is 11.8 Å². The number of thioether (sulfide) groups is 1. The second kappa shape index (κ2) is 11.8. The summed E-state index contributed by atoms with van der Waals surface area (Å²) in [6, 6.07) is 4.72. The molecule has 1 aromatic heterocycles. The lowest BCUT2D eigenvalue weighted by atomic mass is 9.84. The molecule has 1 aromatic carbocycles. The molecule has 1 fully saturated rings. The van der Waals surface area contributed by atoms with Crippen molar-refractivity contribution in [2.45, 2.75) is 78.1 Å². The maximum absolute atomic E-state index is 13.3. The quantitative estimate of drug-likeness (QED) is 0.441. The van der Waals surface area contributed by atoms with E-state index in [9.17, 15) is 22.8 Å². The van der Waals surface area contributed by atoms with Gasteiger partial charge in [-0.15, -0.1) is 0 Å². The van der Waals surface area contributed by atoms with E-state index in [1.165, 1.54) is 0 Å². The molecule has 3 rings (SSSR count). The Labute approximate surface area is 232 Å². The van der Waals surface area contributed by atoms with Gasteiger partial charge < -0.3 is 20.3 Å². The number of hydrogen-bond acceptors (Lipinski definition) is 6. The summed E-state index contributed by atoms with van der Waals surface area (Å²) in [4.78, 5) is 32.5. The average Bonchev–Trinajstić information content (AvgIpc) is 3.04. The lowest BCUT2D eigenvalue weighted by molar-refractivity contribution is -0.115. The molecule has 1 aliphatic heterocycles. The van der Waals surface area contributed by atoms with Gasteiger partial charge in [-0.2, -0.15) is 24.9 Å². The number of aromatic nitrogens is 1. The Morgan fingerprint density at radius 3 is 2.44 bits per heavy atom. The van der Waals surface area contributed by atoms with E-state index in [2.05, 4.69) is 15.6 Å². The molecule has 2 amide bonds. The van der Waals surface area contributed by atoms with Crippen molar-refractivity contribution in [1.82, 2.24) is 15.2 Å².